The minimum atomic E-state index is -1.07. The van der Waals surface area contributed by atoms with Crippen molar-refractivity contribution < 1.29 is 14.6 Å². The average molecular weight is 239 g/mol. The summed E-state index contributed by atoms with van der Waals surface area (Å²) in [4.78, 5) is 15.0. The van der Waals surface area contributed by atoms with E-state index in [1.807, 2.05) is 13.8 Å². The number of nitrogens with zero attached hydrogens (tertiary/aromatic N) is 1. The molecule has 0 aliphatic heterocycles. The molecule has 1 aromatic heterocycles. The second-order valence-corrected chi connectivity index (χ2v) is 4.41. The van der Waals surface area contributed by atoms with Crippen molar-refractivity contribution in [2.45, 2.75) is 19.4 Å². The summed E-state index contributed by atoms with van der Waals surface area (Å²) in [6.45, 7) is 4.21. The van der Waals surface area contributed by atoms with E-state index in [1.165, 1.54) is 12.3 Å². The predicted octanol–water partition coefficient (Wildman–Crippen LogP) is 1.20. The fourth-order valence-corrected chi connectivity index (χ4v) is 1.46. The van der Waals surface area contributed by atoms with Crippen LogP contribution < -0.4 is 11.1 Å². The molecule has 0 radical (unpaired) electrons. The maximum Gasteiger partial charge on any atom is 0.339 e. The molecule has 94 valence electrons. The predicted molar refractivity (Wildman–Crippen MR) is 65.2 cm³/mol. The van der Waals surface area contributed by atoms with E-state index in [4.69, 9.17) is 15.6 Å². The number of aromatic nitrogens is 1. The van der Waals surface area contributed by atoms with E-state index in [-0.39, 0.29) is 11.4 Å². The first-order valence-corrected chi connectivity index (χ1v) is 5.11. The first kappa shape index (κ1) is 13.2. The maximum atomic E-state index is 11.1. The zero-order valence-corrected chi connectivity index (χ0v) is 10.2. The standard InChI is InChI=1S/C11H17N3O3/c1-11(2,6-17-3)14-9-8(10(15)16)4-7(12)5-13-9/h4-5H,6,12H2,1-3H3,(H,13,14)(H,15,16). The van der Waals surface area contributed by atoms with Crippen molar-refractivity contribution >= 4 is 17.5 Å². The van der Waals surface area contributed by atoms with Crippen molar-refractivity contribution in [3.8, 4) is 0 Å². The van der Waals surface area contributed by atoms with Gasteiger partial charge in [0.25, 0.3) is 0 Å². The van der Waals surface area contributed by atoms with Crippen molar-refractivity contribution in [2.75, 3.05) is 24.8 Å². The third-order valence-corrected chi connectivity index (χ3v) is 2.10. The number of nitrogens with two attached hydrogens (primary N) is 1. The summed E-state index contributed by atoms with van der Waals surface area (Å²) in [7, 11) is 1.58. The Bertz CT molecular complexity index is 418. The highest BCUT2D eigenvalue weighted by molar-refractivity contribution is 5.94. The molecule has 0 bridgehead atoms. The summed E-state index contributed by atoms with van der Waals surface area (Å²) >= 11 is 0. The molecule has 0 atom stereocenters. The molecule has 0 spiro atoms. The molecule has 1 aromatic rings. The molecule has 0 unspecified atom stereocenters. The number of methoxy groups -OCH3 is 1. The second-order valence-electron chi connectivity index (χ2n) is 4.41. The average Bonchev–Trinajstić information content (AvgIpc) is 2.20. The Balaban J connectivity index is 3.02. The zero-order chi connectivity index (χ0) is 13.1. The van der Waals surface area contributed by atoms with E-state index >= 15 is 0 Å². The number of carbonyl (C=O) groups is 1. The molecule has 0 saturated carbocycles. The number of carboxylic acid groups (broad SMARTS) is 1. The summed E-state index contributed by atoms with van der Waals surface area (Å²) < 4.78 is 5.04. The van der Waals surface area contributed by atoms with Gasteiger partial charge in [0, 0.05) is 7.11 Å². The van der Waals surface area contributed by atoms with Crippen LogP contribution in [0.4, 0.5) is 11.5 Å². The summed E-state index contributed by atoms with van der Waals surface area (Å²) in [5, 5.41) is 12.1. The van der Waals surface area contributed by atoms with Gasteiger partial charge in [-0.25, -0.2) is 9.78 Å². The van der Waals surface area contributed by atoms with Gasteiger partial charge in [-0.1, -0.05) is 0 Å². The van der Waals surface area contributed by atoms with Crippen LogP contribution in [0.3, 0.4) is 0 Å². The lowest BCUT2D eigenvalue weighted by Crippen LogP contribution is -2.36. The number of pyridine rings is 1. The monoisotopic (exact) mass is 239 g/mol. The highest BCUT2D eigenvalue weighted by Crippen LogP contribution is 2.19. The van der Waals surface area contributed by atoms with Crippen LogP contribution in [0.2, 0.25) is 0 Å². The number of nitrogen functional groups attached to an aromatic ring is 1. The van der Waals surface area contributed by atoms with Crippen LogP contribution in [0.15, 0.2) is 12.3 Å². The minimum absolute atomic E-state index is 0.0502. The van der Waals surface area contributed by atoms with E-state index < -0.39 is 11.5 Å². The Morgan fingerprint density at radius 1 is 1.65 bits per heavy atom. The largest absolute Gasteiger partial charge is 0.478 e. The van der Waals surface area contributed by atoms with E-state index in [1.54, 1.807) is 7.11 Å². The van der Waals surface area contributed by atoms with Gasteiger partial charge in [-0.3, -0.25) is 0 Å². The lowest BCUT2D eigenvalue weighted by molar-refractivity contribution is 0.0697. The lowest BCUT2D eigenvalue weighted by atomic mass is 10.1. The fraction of sp³-hybridized carbons (Fsp3) is 0.455. The Hall–Kier alpha value is -1.82. The van der Waals surface area contributed by atoms with Crippen LogP contribution >= 0.6 is 0 Å². The summed E-state index contributed by atoms with van der Waals surface area (Å²) in [6, 6.07) is 1.38. The lowest BCUT2D eigenvalue weighted by Gasteiger charge is -2.26. The maximum absolute atomic E-state index is 11.1. The molecule has 0 amide bonds. The Morgan fingerprint density at radius 2 is 2.29 bits per heavy atom. The molecule has 0 aliphatic carbocycles. The van der Waals surface area contributed by atoms with Crippen LogP contribution in [-0.2, 0) is 4.74 Å². The zero-order valence-electron chi connectivity index (χ0n) is 10.2. The molecule has 0 aromatic carbocycles. The topological polar surface area (TPSA) is 97.5 Å². The number of ether oxygens (including phenoxy) is 1. The SMILES string of the molecule is COCC(C)(C)Nc1ncc(N)cc1C(=O)O. The van der Waals surface area contributed by atoms with E-state index in [9.17, 15) is 4.79 Å². The van der Waals surface area contributed by atoms with Crippen molar-refractivity contribution in [3.63, 3.8) is 0 Å². The van der Waals surface area contributed by atoms with Crippen LogP contribution in [0, 0.1) is 0 Å². The summed E-state index contributed by atoms with van der Waals surface area (Å²) in [5.74, 6) is -0.783. The molecule has 6 nitrogen and oxygen atoms in total. The van der Waals surface area contributed by atoms with Gasteiger partial charge in [-0.15, -0.1) is 0 Å². The number of carboxylic acids is 1. The number of aromatic carboxylic acids is 1. The molecule has 0 saturated heterocycles. The van der Waals surface area contributed by atoms with Gasteiger partial charge in [0.05, 0.1) is 24.0 Å². The van der Waals surface area contributed by atoms with Gasteiger partial charge in [0.15, 0.2) is 0 Å². The van der Waals surface area contributed by atoms with Crippen molar-refractivity contribution in [1.82, 2.24) is 4.98 Å². The molecular weight excluding hydrogens is 222 g/mol. The molecule has 6 heteroatoms. The summed E-state index contributed by atoms with van der Waals surface area (Å²) in [5.41, 5.74) is 5.46. The summed E-state index contributed by atoms with van der Waals surface area (Å²) in [6.07, 6.45) is 1.41. The second kappa shape index (κ2) is 5.01. The van der Waals surface area contributed by atoms with Gasteiger partial charge >= 0.3 is 5.97 Å². The molecule has 0 fully saturated rings. The number of rotatable bonds is 5. The molecular formula is C11H17N3O3. The van der Waals surface area contributed by atoms with Crippen LogP contribution in [0.25, 0.3) is 0 Å². The van der Waals surface area contributed by atoms with Crippen molar-refractivity contribution in [2.24, 2.45) is 0 Å². The quantitative estimate of drug-likeness (QED) is 0.714. The first-order valence-electron chi connectivity index (χ1n) is 5.11. The molecule has 17 heavy (non-hydrogen) atoms. The third kappa shape index (κ3) is 3.60. The van der Waals surface area contributed by atoms with E-state index in [2.05, 4.69) is 10.3 Å². The minimum Gasteiger partial charge on any atom is -0.478 e. The smallest absolute Gasteiger partial charge is 0.339 e. The molecule has 1 heterocycles. The highest BCUT2D eigenvalue weighted by Gasteiger charge is 2.21. The first-order chi connectivity index (χ1) is 7.85. The van der Waals surface area contributed by atoms with Crippen LogP contribution in [0.5, 0.6) is 0 Å². The molecule has 1 rings (SSSR count). The normalized spacial score (nSPS) is 11.2. The fourth-order valence-electron chi connectivity index (χ4n) is 1.46. The Morgan fingerprint density at radius 3 is 2.82 bits per heavy atom. The Kier molecular flexibility index (Phi) is 3.90. The van der Waals surface area contributed by atoms with Gasteiger partial charge < -0.3 is 20.9 Å². The van der Waals surface area contributed by atoms with E-state index in [0.717, 1.165) is 0 Å². The van der Waals surface area contributed by atoms with Crippen molar-refractivity contribution in [1.29, 1.82) is 0 Å². The van der Waals surface area contributed by atoms with E-state index in [0.29, 0.717) is 12.3 Å². The van der Waals surface area contributed by atoms with Gasteiger partial charge in [-0.05, 0) is 19.9 Å². The van der Waals surface area contributed by atoms with Gasteiger partial charge in [0.1, 0.15) is 11.4 Å². The molecule has 4 N–H and O–H groups in total. The van der Waals surface area contributed by atoms with Crippen molar-refractivity contribution in [3.05, 3.63) is 17.8 Å². The van der Waals surface area contributed by atoms with Crippen LogP contribution in [-0.4, -0.2) is 35.3 Å². The number of hydrogen-bond acceptors (Lipinski definition) is 5. The highest BCUT2D eigenvalue weighted by atomic mass is 16.5. The van der Waals surface area contributed by atoms with Gasteiger partial charge in [-0.2, -0.15) is 0 Å². The number of hydrogen-bond donors (Lipinski definition) is 3. The number of nitrogens with one attached hydrogen (secondary N) is 1. The van der Waals surface area contributed by atoms with Crippen LogP contribution in [0.1, 0.15) is 24.2 Å². The third-order valence-electron chi connectivity index (χ3n) is 2.10. The van der Waals surface area contributed by atoms with Gasteiger partial charge in [0.2, 0.25) is 0 Å². The molecule has 0 aliphatic rings. The number of anilines is 2. The Labute approximate surface area is 99.8 Å².